The van der Waals surface area contributed by atoms with Gasteiger partial charge in [0.1, 0.15) is 0 Å². The van der Waals surface area contributed by atoms with E-state index in [0.29, 0.717) is 27.2 Å². The van der Waals surface area contributed by atoms with Crippen molar-refractivity contribution in [3.8, 4) is 0 Å². The number of hydrogen-bond donors (Lipinski definition) is 3. The first kappa shape index (κ1) is 14.9. The maximum absolute atomic E-state index is 12.2. The van der Waals surface area contributed by atoms with E-state index in [-0.39, 0.29) is 13.1 Å². The summed E-state index contributed by atoms with van der Waals surface area (Å²) in [6.45, 7) is 3.88. The molecule has 9 heteroatoms. The van der Waals surface area contributed by atoms with Gasteiger partial charge in [-0.3, -0.25) is 4.31 Å². The first-order valence-corrected chi connectivity index (χ1v) is 8.19. The van der Waals surface area contributed by atoms with Gasteiger partial charge in [-0.1, -0.05) is 22.8 Å². The number of aromatic nitrogens is 1. The Hall–Kier alpha value is -2.03. The first-order chi connectivity index (χ1) is 10.5. The number of halogens is 1. The van der Waals surface area contributed by atoms with Crippen molar-refractivity contribution >= 4 is 44.6 Å². The highest BCUT2D eigenvalue weighted by Gasteiger charge is 2.31. The van der Waals surface area contributed by atoms with Crippen LogP contribution in [0.5, 0.6) is 0 Å². The van der Waals surface area contributed by atoms with Gasteiger partial charge in [0.05, 0.1) is 29.0 Å². The van der Waals surface area contributed by atoms with E-state index in [9.17, 15) is 8.42 Å². The number of nitrogens with one attached hydrogen (secondary N) is 2. The average Bonchev–Trinajstić information content (AvgIpc) is 2.88. The number of rotatable bonds is 3. The van der Waals surface area contributed by atoms with E-state index in [0.717, 1.165) is 5.56 Å². The van der Waals surface area contributed by atoms with Crippen molar-refractivity contribution in [3.63, 3.8) is 0 Å². The molecule has 2 aromatic rings. The number of fused-ring (bicyclic) bond motifs is 3. The molecule has 0 radical (unpaired) electrons. The summed E-state index contributed by atoms with van der Waals surface area (Å²) in [6, 6.07) is 1.71. The van der Waals surface area contributed by atoms with Crippen LogP contribution in [0.25, 0.3) is 10.9 Å². The molecule has 1 aromatic heterocycles. The Kier molecular flexibility index (Phi) is 3.59. The molecule has 0 spiro atoms. The Morgan fingerprint density at radius 3 is 3.00 bits per heavy atom. The molecule has 0 fully saturated rings. The lowest BCUT2D eigenvalue weighted by molar-refractivity contribution is 0.322. The van der Waals surface area contributed by atoms with Crippen molar-refractivity contribution in [3.05, 3.63) is 41.1 Å². The van der Waals surface area contributed by atoms with Gasteiger partial charge >= 0.3 is 10.2 Å². The Bertz CT molecular complexity index is 888. The molecule has 3 rings (SSSR count). The van der Waals surface area contributed by atoms with Crippen LogP contribution in [0.1, 0.15) is 11.1 Å². The van der Waals surface area contributed by atoms with Crippen molar-refractivity contribution in [2.75, 3.05) is 10.8 Å². The maximum atomic E-state index is 12.2. The summed E-state index contributed by atoms with van der Waals surface area (Å²) >= 11 is 6.29. The number of hydrogen-bond acceptors (Lipinski definition) is 4. The second-order valence-electron chi connectivity index (χ2n) is 4.75. The number of anilines is 1. The maximum Gasteiger partial charge on any atom is 0.302 e. The number of H-pyrrole nitrogens is 1. The SMILES string of the molecule is C=CCN1c2c(cc(Cl)c3c(C=NO)c[nH]c23)CNS1(=O)=O. The predicted octanol–water partition coefficient (Wildman–Crippen LogP) is 1.97. The third-order valence-electron chi connectivity index (χ3n) is 3.47. The van der Waals surface area contributed by atoms with E-state index < -0.39 is 10.2 Å². The quantitative estimate of drug-likeness (QED) is 0.345. The van der Waals surface area contributed by atoms with E-state index in [1.165, 1.54) is 16.6 Å². The Labute approximate surface area is 132 Å². The molecule has 2 heterocycles. The number of benzene rings is 1. The van der Waals surface area contributed by atoms with Crippen molar-refractivity contribution in [2.45, 2.75) is 6.54 Å². The molecule has 0 unspecified atom stereocenters. The molecule has 0 saturated heterocycles. The fourth-order valence-electron chi connectivity index (χ4n) is 2.59. The van der Waals surface area contributed by atoms with Gasteiger partial charge in [0.15, 0.2) is 0 Å². The van der Waals surface area contributed by atoms with E-state index >= 15 is 0 Å². The molecule has 1 aliphatic rings. The molecule has 1 aliphatic heterocycles. The van der Waals surface area contributed by atoms with Crippen molar-refractivity contribution < 1.29 is 13.6 Å². The molecule has 0 aliphatic carbocycles. The highest BCUT2D eigenvalue weighted by molar-refractivity contribution is 7.91. The second-order valence-corrected chi connectivity index (χ2v) is 6.84. The van der Waals surface area contributed by atoms with Crippen LogP contribution < -0.4 is 9.03 Å². The highest BCUT2D eigenvalue weighted by Crippen LogP contribution is 2.39. The van der Waals surface area contributed by atoms with E-state index in [4.69, 9.17) is 16.8 Å². The third kappa shape index (κ3) is 2.16. The predicted molar refractivity (Wildman–Crippen MR) is 86.0 cm³/mol. The summed E-state index contributed by atoms with van der Waals surface area (Å²) in [4.78, 5) is 3.01. The molecule has 0 saturated carbocycles. The van der Waals surface area contributed by atoms with Gasteiger partial charge in [-0.05, 0) is 11.6 Å². The molecule has 0 bridgehead atoms. The van der Waals surface area contributed by atoms with Crippen LogP contribution in [0.3, 0.4) is 0 Å². The summed E-state index contributed by atoms with van der Waals surface area (Å²) in [5.41, 5.74) is 2.42. The second kappa shape index (κ2) is 5.31. The Morgan fingerprint density at radius 1 is 1.55 bits per heavy atom. The molecule has 0 amide bonds. The smallest absolute Gasteiger partial charge is 0.302 e. The van der Waals surface area contributed by atoms with E-state index in [1.54, 1.807) is 12.3 Å². The number of aromatic amines is 1. The number of oxime groups is 1. The summed E-state index contributed by atoms with van der Waals surface area (Å²) in [6.07, 6.45) is 4.36. The molecule has 7 nitrogen and oxygen atoms in total. The zero-order valence-electron chi connectivity index (χ0n) is 11.4. The molecule has 116 valence electrons. The first-order valence-electron chi connectivity index (χ1n) is 6.37. The monoisotopic (exact) mass is 340 g/mol. The van der Waals surface area contributed by atoms with Crippen LogP contribution in [0.2, 0.25) is 5.02 Å². The third-order valence-corrected chi connectivity index (χ3v) is 5.19. The molecular formula is C13H13ClN4O3S. The molecule has 3 N–H and O–H groups in total. The van der Waals surface area contributed by atoms with Crippen LogP contribution >= 0.6 is 11.6 Å². The van der Waals surface area contributed by atoms with Gasteiger partial charge in [0.25, 0.3) is 0 Å². The number of nitrogens with zero attached hydrogens (tertiary/aromatic N) is 2. The van der Waals surface area contributed by atoms with Gasteiger partial charge in [-0.15, -0.1) is 6.58 Å². The minimum atomic E-state index is -3.64. The van der Waals surface area contributed by atoms with Gasteiger partial charge in [0, 0.05) is 23.7 Å². The fourth-order valence-corrected chi connectivity index (χ4v) is 4.17. The van der Waals surface area contributed by atoms with Crippen LogP contribution in [-0.4, -0.2) is 31.4 Å². The topological polar surface area (TPSA) is 97.8 Å². The van der Waals surface area contributed by atoms with Gasteiger partial charge in [0.2, 0.25) is 0 Å². The summed E-state index contributed by atoms with van der Waals surface area (Å²) in [7, 11) is -3.64. The van der Waals surface area contributed by atoms with Crippen LogP contribution in [0.4, 0.5) is 5.69 Å². The minimum absolute atomic E-state index is 0.126. The van der Waals surface area contributed by atoms with Crippen LogP contribution in [0, 0.1) is 0 Å². The lowest BCUT2D eigenvalue weighted by Gasteiger charge is -2.30. The zero-order valence-corrected chi connectivity index (χ0v) is 12.9. The molecule has 1 aromatic carbocycles. The van der Waals surface area contributed by atoms with Gasteiger partial charge in [-0.25, -0.2) is 0 Å². The Balaban J connectivity index is 2.36. The summed E-state index contributed by atoms with van der Waals surface area (Å²) < 4.78 is 28.2. The molecule has 0 atom stereocenters. The summed E-state index contributed by atoms with van der Waals surface area (Å²) in [5.74, 6) is 0. The lowest BCUT2D eigenvalue weighted by Crippen LogP contribution is -2.45. The van der Waals surface area contributed by atoms with Crippen LogP contribution in [0.15, 0.2) is 30.1 Å². The van der Waals surface area contributed by atoms with Crippen LogP contribution in [-0.2, 0) is 16.8 Å². The molecular weight excluding hydrogens is 328 g/mol. The van der Waals surface area contributed by atoms with E-state index in [2.05, 4.69) is 21.4 Å². The van der Waals surface area contributed by atoms with Gasteiger partial charge < -0.3 is 10.2 Å². The van der Waals surface area contributed by atoms with Gasteiger partial charge in [-0.2, -0.15) is 13.1 Å². The Morgan fingerprint density at radius 2 is 2.32 bits per heavy atom. The minimum Gasteiger partial charge on any atom is -0.411 e. The largest absolute Gasteiger partial charge is 0.411 e. The fraction of sp³-hybridized carbons (Fsp3) is 0.154. The van der Waals surface area contributed by atoms with E-state index in [1.807, 2.05) is 0 Å². The average molecular weight is 341 g/mol. The van der Waals surface area contributed by atoms with Crippen molar-refractivity contribution in [1.82, 2.24) is 9.71 Å². The lowest BCUT2D eigenvalue weighted by atomic mass is 10.1. The molecule has 22 heavy (non-hydrogen) atoms. The van der Waals surface area contributed by atoms with Crippen molar-refractivity contribution in [2.24, 2.45) is 5.16 Å². The summed E-state index contributed by atoms with van der Waals surface area (Å²) in [5, 5.41) is 12.8. The highest BCUT2D eigenvalue weighted by atomic mass is 35.5. The van der Waals surface area contributed by atoms with Crippen molar-refractivity contribution in [1.29, 1.82) is 0 Å². The standard InChI is InChI=1S/C13H13ClN4O3S/c1-2-3-18-13-8(7-17-22(18,20)21)4-10(14)11-9(6-16-19)5-15-12(11)13/h2,4-6,15,17,19H,1,3,7H2. The normalized spacial score (nSPS) is 17.0. The zero-order chi connectivity index (χ0) is 15.9.